The number of rotatable bonds is 11. The summed E-state index contributed by atoms with van der Waals surface area (Å²) in [6.07, 6.45) is 13.0. The van der Waals surface area contributed by atoms with Crippen LogP contribution in [0, 0.1) is 0 Å². The van der Waals surface area contributed by atoms with E-state index < -0.39 is 0 Å². The molecule has 5 aromatic rings. The smallest absolute Gasteiger partial charge is 0.245 e. The van der Waals surface area contributed by atoms with Crippen molar-refractivity contribution in [3.8, 4) is 11.1 Å². The zero-order chi connectivity index (χ0) is 41.8. The van der Waals surface area contributed by atoms with Crippen LogP contribution in [-0.4, -0.2) is 76.2 Å². The van der Waals surface area contributed by atoms with Gasteiger partial charge in [-0.3, -0.25) is 24.5 Å². The normalized spacial score (nSPS) is 20.9. The van der Waals surface area contributed by atoms with Crippen molar-refractivity contribution < 1.29 is 9.59 Å². The summed E-state index contributed by atoms with van der Waals surface area (Å²) in [6, 6.07) is 48.2. The number of benzene rings is 5. The second kappa shape index (κ2) is 18.0. The van der Waals surface area contributed by atoms with Gasteiger partial charge in [-0.25, -0.2) is 0 Å². The fourth-order valence-corrected chi connectivity index (χ4v) is 10.6. The first-order chi connectivity index (χ1) is 30.6. The van der Waals surface area contributed by atoms with E-state index >= 15 is 0 Å². The average molecular weight is 818 g/mol. The highest BCUT2D eigenvalue weighted by molar-refractivity contribution is 6.05. The molecule has 0 bridgehead atoms. The molecule has 3 fully saturated rings. The van der Waals surface area contributed by atoms with E-state index in [-0.39, 0.29) is 35.9 Å². The average Bonchev–Trinajstić information content (AvgIpc) is 4.19. The van der Waals surface area contributed by atoms with Crippen molar-refractivity contribution in [2.24, 2.45) is 9.98 Å². The molecule has 0 spiro atoms. The number of hydrogen-bond donors (Lipinski definition) is 0. The largest absolute Gasteiger partial charge is 0.334 e. The zero-order valence-corrected chi connectivity index (χ0v) is 35.5. The van der Waals surface area contributed by atoms with Crippen molar-refractivity contribution in [3.05, 3.63) is 180 Å². The maximum Gasteiger partial charge on any atom is 0.245 e. The van der Waals surface area contributed by atoms with Gasteiger partial charge in [0.25, 0.3) is 0 Å². The Bertz CT molecular complexity index is 2460. The Morgan fingerprint density at radius 1 is 0.452 bits per heavy atom. The van der Waals surface area contributed by atoms with Crippen molar-refractivity contribution in [1.82, 2.24) is 14.7 Å². The van der Waals surface area contributed by atoms with Gasteiger partial charge in [0.1, 0.15) is 6.04 Å². The monoisotopic (exact) mass is 817 g/mol. The van der Waals surface area contributed by atoms with Gasteiger partial charge in [-0.05, 0) is 102 Å². The van der Waals surface area contributed by atoms with Crippen LogP contribution in [0.25, 0.3) is 22.3 Å². The topological polar surface area (TPSA) is 68.6 Å². The van der Waals surface area contributed by atoms with Crippen molar-refractivity contribution in [1.29, 1.82) is 0 Å². The zero-order valence-electron chi connectivity index (χ0n) is 35.5. The third-order valence-electron chi connectivity index (χ3n) is 13.8. The molecule has 0 aliphatic carbocycles. The van der Waals surface area contributed by atoms with Crippen LogP contribution in [0.3, 0.4) is 0 Å². The number of amides is 2. The number of aliphatic imine (C=N–C) groups is 2. The van der Waals surface area contributed by atoms with Crippen LogP contribution < -0.4 is 0 Å². The number of carbonyl (C=O) groups excluding carboxylic acids is 2. The van der Waals surface area contributed by atoms with Crippen LogP contribution in [0.1, 0.15) is 97.6 Å². The summed E-state index contributed by atoms with van der Waals surface area (Å²) in [5.41, 5.74) is 12.4. The van der Waals surface area contributed by atoms with Crippen LogP contribution in [0.2, 0.25) is 0 Å². The molecule has 10 rings (SSSR count). The predicted octanol–water partition coefficient (Wildman–Crippen LogP) is 10.8. The third-order valence-corrected chi connectivity index (χ3v) is 13.8. The first kappa shape index (κ1) is 39.9. The molecule has 7 nitrogen and oxygen atoms in total. The maximum atomic E-state index is 14.4. The minimum atomic E-state index is -0.336. The molecule has 0 unspecified atom stereocenters. The van der Waals surface area contributed by atoms with Crippen LogP contribution in [0.15, 0.2) is 162 Å². The van der Waals surface area contributed by atoms with Crippen LogP contribution >= 0.6 is 0 Å². The number of hydrogen-bond acceptors (Lipinski definition) is 5. The van der Waals surface area contributed by atoms with Crippen molar-refractivity contribution in [2.45, 2.75) is 81.8 Å². The predicted molar refractivity (Wildman–Crippen MR) is 251 cm³/mol. The number of likely N-dealkylation sites (tertiary alicyclic amines) is 3. The van der Waals surface area contributed by atoms with Crippen LogP contribution in [0.4, 0.5) is 0 Å². The van der Waals surface area contributed by atoms with E-state index in [0.29, 0.717) is 0 Å². The number of carbonyl (C=O) groups is 2. The SMILES string of the molecule is O=C(C(c1ccccc1)c1ccccc1)N1CCC[C@H]1C1=NC=C(c2ccc(-c3ccc(C4=CN=C([C@@H]5CCCN5C(=O)[C@@H](c5ccccc5)N5CCCCC5)C4)cc3)cc2)C1. The maximum absolute atomic E-state index is 14.4. The first-order valence-electron chi connectivity index (χ1n) is 22.8. The van der Waals surface area contributed by atoms with E-state index in [0.717, 1.165) is 111 Å². The lowest BCUT2D eigenvalue weighted by atomic mass is 9.89. The second-order valence-electron chi connectivity index (χ2n) is 17.6. The number of nitrogens with zero attached hydrogens (tertiary/aromatic N) is 5. The molecular weight excluding hydrogens is 763 g/mol. The van der Waals surface area contributed by atoms with E-state index in [2.05, 4.69) is 112 Å². The van der Waals surface area contributed by atoms with E-state index in [9.17, 15) is 9.59 Å². The highest BCUT2D eigenvalue weighted by atomic mass is 16.2. The summed E-state index contributed by atoms with van der Waals surface area (Å²) in [7, 11) is 0. The lowest BCUT2D eigenvalue weighted by Gasteiger charge is -2.37. The minimum Gasteiger partial charge on any atom is -0.334 e. The summed E-state index contributed by atoms with van der Waals surface area (Å²) < 4.78 is 0. The molecule has 5 aliphatic rings. The van der Waals surface area contributed by atoms with Crippen LogP contribution in [-0.2, 0) is 9.59 Å². The molecule has 7 heteroatoms. The molecule has 3 saturated heterocycles. The standard InChI is InChI=1S/C55H55N5O2/c61-54(52(43-15-5-1-6-16-43)44-17-7-2-8-18-44)59-33-13-21-50(59)48-35-46(37-56-48)41-27-23-39(24-28-41)40-25-29-42(30-26-40)47-36-49(57-38-47)51-22-14-34-60(51)55(62)53(45-19-9-3-10-20-45)58-31-11-4-12-32-58/h1-3,5-10,15-20,23-30,37-38,50-53H,4,11-14,21-22,31-36H2/t50-,51-,53+/m0/s1. The summed E-state index contributed by atoms with van der Waals surface area (Å²) in [4.78, 5) is 45.4. The molecule has 0 aromatic heterocycles. The highest BCUT2D eigenvalue weighted by Crippen LogP contribution is 2.37. The van der Waals surface area contributed by atoms with E-state index in [1.54, 1.807) is 0 Å². The lowest BCUT2D eigenvalue weighted by molar-refractivity contribution is -0.137. The van der Waals surface area contributed by atoms with Gasteiger partial charge in [0.2, 0.25) is 11.8 Å². The quantitative estimate of drug-likeness (QED) is 0.133. The Balaban J connectivity index is 0.763. The van der Waals surface area contributed by atoms with Crippen LogP contribution in [0.5, 0.6) is 0 Å². The van der Waals surface area contributed by atoms with Gasteiger partial charge in [0.05, 0.1) is 18.0 Å². The Morgan fingerprint density at radius 3 is 1.34 bits per heavy atom. The Labute approximate surface area is 366 Å². The fraction of sp³-hybridized carbons (Fsp3) is 0.309. The molecule has 62 heavy (non-hydrogen) atoms. The number of piperidine rings is 1. The summed E-state index contributed by atoms with van der Waals surface area (Å²) in [6.45, 7) is 3.49. The van der Waals surface area contributed by atoms with Gasteiger partial charge >= 0.3 is 0 Å². The molecular formula is C55H55N5O2. The Morgan fingerprint density at radius 2 is 0.871 bits per heavy atom. The second-order valence-corrected chi connectivity index (χ2v) is 17.6. The van der Waals surface area contributed by atoms with Crippen molar-refractivity contribution in [3.63, 3.8) is 0 Å². The molecule has 312 valence electrons. The van der Waals surface area contributed by atoms with Gasteiger partial charge in [-0.1, -0.05) is 146 Å². The Kier molecular flexibility index (Phi) is 11.6. The molecule has 0 saturated carbocycles. The lowest BCUT2D eigenvalue weighted by Crippen LogP contribution is -2.48. The first-order valence-corrected chi connectivity index (χ1v) is 22.8. The molecule has 5 heterocycles. The van der Waals surface area contributed by atoms with Crippen molar-refractivity contribution in [2.75, 3.05) is 26.2 Å². The number of allylic oxidation sites excluding steroid dienone is 2. The molecule has 3 atom stereocenters. The summed E-state index contributed by atoms with van der Waals surface area (Å²) in [5.74, 6) is 0.0480. The van der Waals surface area contributed by atoms with E-state index in [1.165, 1.54) is 34.3 Å². The van der Waals surface area contributed by atoms with E-state index in [1.807, 2.05) is 54.9 Å². The van der Waals surface area contributed by atoms with Gasteiger partial charge in [-0.2, -0.15) is 0 Å². The third kappa shape index (κ3) is 8.14. The minimum absolute atomic E-state index is 0.0106. The molecule has 0 N–H and O–H groups in total. The molecule has 2 amide bonds. The Hall–Kier alpha value is -6.18. The summed E-state index contributed by atoms with van der Waals surface area (Å²) in [5, 5.41) is 0. The molecule has 5 aliphatic heterocycles. The summed E-state index contributed by atoms with van der Waals surface area (Å²) >= 11 is 0. The molecule has 0 radical (unpaired) electrons. The molecule has 5 aromatic carbocycles. The fourth-order valence-electron chi connectivity index (χ4n) is 10.6. The van der Waals surface area contributed by atoms with Gasteiger partial charge < -0.3 is 9.80 Å². The van der Waals surface area contributed by atoms with Gasteiger partial charge in [0, 0.05) is 49.8 Å². The van der Waals surface area contributed by atoms with Crippen molar-refractivity contribution >= 4 is 34.4 Å². The van der Waals surface area contributed by atoms with Gasteiger partial charge in [0.15, 0.2) is 0 Å². The van der Waals surface area contributed by atoms with E-state index in [4.69, 9.17) is 9.98 Å². The highest BCUT2D eigenvalue weighted by Gasteiger charge is 2.40. The van der Waals surface area contributed by atoms with Gasteiger partial charge in [-0.15, -0.1) is 0 Å².